The fourth-order valence-corrected chi connectivity index (χ4v) is 3.73. The molecule has 166 valence electrons. The number of nitrogens with zero attached hydrogens (tertiary/aromatic N) is 6. The summed E-state index contributed by atoms with van der Waals surface area (Å²) in [7, 11) is 1.74. The Bertz CT molecular complexity index is 1070. The third-order valence-corrected chi connectivity index (χ3v) is 5.52. The van der Waals surface area contributed by atoms with Gasteiger partial charge in [0.25, 0.3) is 0 Å². The van der Waals surface area contributed by atoms with E-state index in [-0.39, 0.29) is 18.3 Å². The molecule has 1 aliphatic rings. The number of likely N-dealkylation sites (N-methyl/N-ethyl adjacent to an activating group) is 1. The van der Waals surface area contributed by atoms with Gasteiger partial charge in [-0.25, -0.2) is 19.3 Å². The number of rotatable bonds is 6. The van der Waals surface area contributed by atoms with E-state index in [1.165, 1.54) is 6.07 Å². The maximum atomic E-state index is 14.0. The highest BCUT2D eigenvalue weighted by Crippen LogP contribution is 2.22. The van der Waals surface area contributed by atoms with Crippen LogP contribution in [-0.2, 0) is 11.3 Å². The molecule has 2 aromatic heterocycles. The lowest BCUT2D eigenvalue weighted by Gasteiger charge is -2.35. The Hall–Kier alpha value is -3.59. The van der Waals surface area contributed by atoms with Crippen molar-refractivity contribution in [2.24, 2.45) is 5.73 Å². The number of amides is 1. The normalized spacial score (nSPS) is 13.8. The zero-order valence-corrected chi connectivity index (χ0v) is 18.0. The van der Waals surface area contributed by atoms with Crippen molar-refractivity contribution in [1.29, 1.82) is 0 Å². The van der Waals surface area contributed by atoms with Gasteiger partial charge in [-0.1, -0.05) is 18.2 Å². The number of piperazine rings is 1. The van der Waals surface area contributed by atoms with Gasteiger partial charge in [0.05, 0.1) is 6.54 Å². The van der Waals surface area contributed by atoms with Crippen LogP contribution >= 0.6 is 0 Å². The second-order valence-corrected chi connectivity index (χ2v) is 7.71. The number of carbonyl (C=O) groups is 1. The molecule has 0 radical (unpaired) electrons. The summed E-state index contributed by atoms with van der Waals surface area (Å²) in [6.45, 7) is 3.16. The molecule has 1 saturated heterocycles. The van der Waals surface area contributed by atoms with E-state index in [2.05, 4.69) is 19.9 Å². The van der Waals surface area contributed by atoms with E-state index < -0.39 is 0 Å². The van der Waals surface area contributed by atoms with E-state index in [0.717, 1.165) is 16.7 Å². The SMILES string of the molecule is CN(Cc1cccc(-c2cnc(N3CCN(c4ncccc4F)CC3)nc2)c1)C(=O)CN. The molecule has 4 rings (SSSR count). The van der Waals surface area contributed by atoms with Gasteiger partial charge in [0.15, 0.2) is 11.6 Å². The second kappa shape index (κ2) is 9.69. The molecule has 3 heterocycles. The number of anilines is 2. The first-order chi connectivity index (χ1) is 15.5. The van der Waals surface area contributed by atoms with Crippen molar-refractivity contribution in [2.75, 3.05) is 49.6 Å². The molecule has 0 atom stereocenters. The number of aromatic nitrogens is 3. The van der Waals surface area contributed by atoms with Crippen LogP contribution in [-0.4, -0.2) is 65.5 Å². The molecule has 0 unspecified atom stereocenters. The highest BCUT2D eigenvalue weighted by molar-refractivity contribution is 5.77. The first-order valence-corrected chi connectivity index (χ1v) is 10.5. The smallest absolute Gasteiger partial charge is 0.236 e. The summed E-state index contributed by atoms with van der Waals surface area (Å²) in [5.41, 5.74) is 8.33. The molecule has 9 heteroatoms. The minimum Gasteiger partial charge on any atom is -0.351 e. The van der Waals surface area contributed by atoms with Crippen molar-refractivity contribution >= 4 is 17.7 Å². The quantitative estimate of drug-likeness (QED) is 0.633. The molecule has 32 heavy (non-hydrogen) atoms. The molecular formula is C23H26FN7O. The van der Waals surface area contributed by atoms with E-state index in [4.69, 9.17) is 5.73 Å². The first kappa shape index (κ1) is 21.6. The van der Waals surface area contributed by atoms with E-state index in [9.17, 15) is 9.18 Å². The Morgan fingerprint density at radius 1 is 1.03 bits per heavy atom. The summed E-state index contributed by atoms with van der Waals surface area (Å²) in [5.74, 6) is 0.637. The van der Waals surface area contributed by atoms with E-state index >= 15 is 0 Å². The largest absolute Gasteiger partial charge is 0.351 e. The van der Waals surface area contributed by atoms with Crippen molar-refractivity contribution in [1.82, 2.24) is 19.9 Å². The summed E-state index contributed by atoms with van der Waals surface area (Å²) in [6, 6.07) is 11.0. The summed E-state index contributed by atoms with van der Waals surface area (Å²) in [5, 5.41) is 0. The van der Waals surface area contributed by atoms with E-state index in [1.807, 2.05) is 29.2 Å². The Kier molecular flexibility index (Phi) is 6.55. The minimum atomic E-state index is -0.303. The maximum absolute atomic E-state index is 14.0. The number of benzene rings is 1. The van der Waals surface area contributed by atoms with Crippen LogP contribution in [0.3, 0.4) is 0 Å². The lowest BCUT2D eigenvalue weighted by Crippen LogP contribution is -2.47. The molecule has 1 amide bonds. The summed E-state index contributed by atoms with van der Waals surface area (Å²) in [4.78, 5) is 30.6. The van der Waals surface area contributed by atoms with Crippen LogP contribution in [0, 0.1) is 5.82 Å². The van der Waals surface area contributed by atoms with Crippen LogP contribution in [0.25, 0.3) is 11.1 Å². The molecule has 1 fully saturated rings. The molecule has 0 spiro atoms. The van der Waals surface area contributed by atoms with Crippen LogP contribution in [0.15, 0.2) is 55.0 Å². The molecule has 3 aromatic rings. The van der Waals surface area contributed by atoms with Gasteiger partial charge >= 0.3 is 0 Å². The Morgan fingerprint density at radius 3 is 2.44 bits per heavy atom. The highest BCUT2D eigenvalue weighted by Gasteiger charge is 2.22. The van der Waals surface area contributed by atoms with Gasteiger partial charge in [0.2, 0.25) is 11.9 Å². The monoisotopic (exact) mass is 435 g/mol. The number of pyridine rings is 1. The molecular weight excluding hydrogens is 409 g/mol. The number of nitrogens with two attached hydrogens (primary N) is 1. The van der Waals surface area contributed by atoms with Crippen molar-refractivity contribution in [3.63, 3.8) is 0 Å². The van der Waals surface area contributed by atoms with E-state index in [0.29, 0.717) is 44.5 Å². The van der Waals surface area contributed by atoms with Gasteiger partial charge in [-0.05, 0) is 29.3 Å². The summed E-state index contributed by atoms with van der Waals surface area (Å²) < 4.78 is 14.0. The average molecular weight is 436 g/mol. The molecule has 2 N–H and O–H groups in total. The topological polar surface area (TPSA) is 91.5 Å². The van der Waals surface area contributed by atoms with Gasteiger partial charge < -0.3 is 20.4 Å². The number of carbonyl (C=O) groups excluding carboxylic acids is 1. The van der Waals surface area contributed by atoms with Crippen LogP contribution in [0.1, 0.15) is 5.56 Å². The third-order valence-electron chi connectivity index (χ3n) is 5.52. The number of hydrogen-bond donors (Lipinski definition) is 1. The Balaban J connectivity index is 1.40. The maximum Gasteiger partial charge on any atom is 0.236 e. The van der Waals surface area contributed by atoms with Crippen molar-refractivity contribution in [3.05, 3.63) is 66.4 Å². The van der Waals surface area contributed by atoms with Gasteiger partial charge in [-0.3, -0.25) is 4.79 Å². The van der Waals surface area contributed by atoms with Crippen molar-refractivity contribution in [3.8, 4) is 11.1 Å². The standard InChI is InChI=1S/C23H26FN7O/c1-29(21(32)13-25)16-17-4-2-5-18(12-17)19-14-27-23(28-15-19)31-10-8-30(9-11-31)22-20(24)6-3-7-26-22/h2-7,12,14-15H,8-11,13,16,25H2,1H3. The second-order valence-electron chi connectivity index (χ2n) is 7.71. The van der Waals surface area contributed by atoms with Gasteiger partial charge in [0.1, 0.15) is 0 Å². The van der Waals surface area contributed by atoms with Crippen molar-refractivity contribution < 1.29 is 9.18 Å². The predicted octanol–water partition coefficient (Wildman–Crippen LogP) is 1.92. The minimum absolute atomic E-state index is 0.00342. The predicted molar refractivity (Wildman–Crippen MR) is 122 cm³/mol. The zero-order chi connectivity index (χ0) is 22.5. The molecule has 0 aliphatic carbocycles. The zero-order valence-electron chi connectivity index (χ0n) is 18.0. The molecule has 8 nitrogen and oxygen atoms in total. The lowest BCUT2D eigenvalue weighted by molar-refractivity contribution is -0.128. The summed E-state index contributed by atoms with van der Waals surface area (Å²) in [6.07, 6.45) is 5.22. The van der Waals surface area contributed by atoms with Gasteiger partial charge in [-0.15, -0.1) is 0 Å². The van der Waals surface area contributed by atoms with Crippen LogP contribution in [0.4, 0.5) is 16.2 Å². The fourth-order valence-electron chi connectivity index (χ4n) is 3.73. The Labute approximate surface area is 186 Å². The van der Waals surface area contributed by atoms with Crippen LogP contribution in [0.5, 0.6) is 0 Å². The van der Waals surface area contributed by atoms with E-state index in [1.54, 1.807) is 36.6 Å². The highest BCUT2D eigenvalue weighted by atomic mass is 19.1. The molecule has 0 bridgehead atoms. The average Bonchev–Trinajstić information content (AvgIpc) is 2.84. The number of hydrogen-bond acceptors (Lipinski definition) is 7. The first-order valence-electron chi connectivity index (χ1n) is 10.5. The molecule has 0 saturated carbocycles. The lowest BCUT2D eigenvalue weighted by atomic mass is 10.1. The van der Waals surface area contributed by atoms with Crippen LogP contribution < -0.4 is 15.5 Å². The Morgan fingerprint density at radius 2 is 1.75 bits per heavy atom. The molecule has 1 aromatic carbocycles. The van der Waals surface area contributed by atoms with Gasteiger partial charge in [-0.2, -0.15) is 0 Å². The third kappa shape index (κ3) is 4.83. The van der Waals surface area contributed by atoms with Crippen molar-refractivity contribution in [2.45, 2.75) is 6.54 Å². The fraction of sp³-hybridized carbons (Fsp3) is 0.304. The molecule has 1 aliphatic heterocycles. The van der Waals surface area contributed by atoms with Crippen LogP contribution in [0.2, 0.25) is 0 Å². The number of halogens is 1. The summed E-state index contributed by atoms with van der Waals surface area (Å²) >= 11 is 0. The van der Waals surface area contributed by atoms with Gasteiger partial charge in [0, 0.05) is 63.9 Å².